The highest BCUT2D eigenvalue weighted by atomic mass is 32.2. The van der Waals surface area contributed by atoms with Gasteiger partial charge in [0, 0.05) is 30.0 Å². The number of carbonyl (C=O) groups excluding carboxylic acids is 1. The Morgan fingerprint density at radius 3 is 2.44 bits per heavy atom. The van der Waals surface area contributed by atoms with E-state index in [-0.39, 0.29) is 23.6 Å². The lowest BCUT2D eigenvalue weighted by Crippen LogP contribution is -2.28. The highest BCUT2D eigenvalue weighted by Gasteiger charge is 2.19. The van der Waals surface area contributed by atoms with Crippen LogP contribution < -0.4 is 5.32 Å². The van der Waals surface area contributed by atoms with E-state index in [1.807, 2.05) is 37.5 Å². The summed E-state index contributed by atoms with van der Waals surface area (Å²) < 4.78 is 1.84. The molecule has 0 aliphatic carbocycles. The summed E-state index contributed by atoms with van der Waals surface area (Å²) in [7, 11) is 0. The molecule has 168 valence electrons. The van der Waals surface area contributed by atoms with E-state index in [1.165, 1.54) is 35.0 Å². The van der Waals surface area contributed by atoms with Crippen molar-refractivity contribution in [3.63, 3.8) is 0 Å². The summed E-state index contributed by atoms with van der Waals surface area (Å²) in [6, 6.07) is 14.4. The van der Waals surface area contributed by atoms with Crippen LogP contribution in [0.2, 0.25) is 0 Å². The molecule has 0 bridgehead atoms. The summed E-state index contributed by atoms with van der Waals surface area (Å²) in [6.45, 7) is 8.29. The number of benzene rings is 2. The zero-order valence-electron chi connectivity index (χ0n) is 18.7. The van der Waals surface area contributed by atoms with Gasteiger partial charge in [-0.1, -0.05) is 56.8 Å². The molecular weight excluding hydrogens is 426 g/mol. The molecule has 0 aliphatic heterocycles. The molecule has 1 amide bonds. The van der Waals surface area contributed by atoms with Gasteiger partial charge in [-0.25, -0.2) is 0 Å². The second-order valence-electron chi connectivity index (χ2n) is 8.74. The summed E-state index contributed by atoms with van der Waals surface area (Å²) in [4.78, 5) is 22.9. The van der Waals surface area contributed by atoms with Crippen LogP contribution in [0.3, 0.4) is 0 Å². The normalized spacial score (nSPS) is 11.4. The lowest BCUT2D eigenvalue weighted by molar-refractivity contribution is -0.384. The van der Waals surface area contributed by atoms with Gasteiger partial charge in [-0.15, -0.1) is 10.2 Å². The average Bonchev–Trinajstić information content (AvgIpc) is 3.13. The van der Waals surface area contributed by atoms with Gasteiger partial charge in [-0.05, 0) is 35.6 Å². The second kappa shape index (κ2) is 9.95. The van der Waals surface area contributed by atoms with Crippen LogP contribution in [0.15, 0.2) is 53.7 Å². The molecule has 0 aliphatic rings. The third-order valence-electron chi connectivity index (χ3n) is 4.77. The zero-order chi connectivity index (χ0) is 23.3. The van der Waals surface area contributed by atoms with Crippen LogP contribution >= 0.6 is 11.8 Å². The van der Waals surface area contributed by atoms with Crippen molar-refractivity contribution in [1.29, 1.82) is 0 Å². The number of nitrogens with zero attached hydrogens (tertiary/aromatic N) is 4. The Morgan fingerprint density at radius 2 is 1.81 bits per heavy atom. The van der Waals surface area contributed by atoms with Gasteiger partial charge in [0.1, 0.15) is 0 Å². The van der Waals surface area contributed by atoms with E-state index in [0.717, 1.165) is 0 Å². The van der Waals surface area contributed by atoms with Gasteiger partial charge < -0.3 is 5.32 Å². The van der Waals surface area contributed by atoms with Crippen molar-refractivity contribution in [1.82, 2.24) is 20.1 Å². The first-order valence-corrected chi connectivity index (χ1v) is 11.3. The van der Waals surface area contributed by atoms with E-state index >= 15 is 0 Å². The molecule has 0 spiro atoms. The van der Waals surface area contributed by atoms with Crippen molar-refractivity contribution in [2.45, 2.75) is 51.6 Å². The molecule has 1 N–H and O–H groups in total. The van der Waals surface area contributed by atoms with Crippen LogP contribution in [0.25, 0.3) is 5.69 Å². The largest absolute Gasteiger partial charge is 0.349 e. The lowest BCUT2D eigenvalue weighted by atomic mass is 9.92. The van der Waals surface area contributed by atoms with Crippen molar-refractivity contribution < 1.29 is 9.72 Å². The number of aromatic nitrogens is 3. The van der Waals surface area contributed by atoms with E-state index in [1.54, 1.807) is 12.1 Å². The molecule has 1 aromatic heterocycles. The number of rotatable bonds is 8. The van der Waals surface area contributed by atoms with Gasteiger partial charge in [-0.3, -0.25) is 19.5 Å². The number of hydrogen-bond donors (Lipinski definition) is 1. The smallest absolute Gasteiger partial charge is 0.269 e. The second-order valence-corrected chi connectivity index (χ2v) is 9.68. The topological polar surface area (TPSA) is 103 Å². The Labute approximate surface area is 191 Å². The van der Waals surface area contributed by atoms with E-state index in [9.17, 15) is 14.9 Å². The number of amides is 1. The predicted molar refractivity (Wildman–Crippen MR) is 125 cm³/mol. The third kappa shape index (κ3) is 6.16. The minimum atomic E-state index is -0.433. The summed E-state index contributed by atoms with van der Waals surface area (Å²) >= 11 is 1.53. The van der Waals surface area contributed by atoms with Crippen molar-refractivity contribution in [2.24, 2.45) is 5.41 Å². The number of non-ortho nitro benzene ring substituents is 1. The molecule has 9 heteroatoms. The van der Waals surface area contributed by atoms with Crippen LogP contribution in [0.4, 0.5) is 5.69 Å². The van der Waals surface area contributed by atoms with Crippen molar-refractivity contribution in [3.8, 4) is 5.69 Å². The quantitative estimate of drug-likeness (QED) is 0.298. The summed E-state index contributed by atoms with van der Waals surface area (Å²) in [6.07, 6.45) is 0.396. The Morgan fingerprint density at radius 1 is 1.12 bits per heavy atom. The van der Waals surface area contributed by atoms with E-state index in [4.69, 9.17) is 0 Å². The third-order valence-corrected chi connectivity index (χ3v) is 5.75. The maximum absolute atomic E-state index is 12.3. The maximum atomic E-state index is 12.3. The maximum Gasteiger partial charge on any atom is 0.269 e. The summed E-state index contributed by atoms with van der Waals surface area (Å²) in [5.41, 5.74) is 2.97. The van der Waals surface area contributed by atoms with Crippen molar-refractivity contribution >= 4 is 23.4 Å². The number of nitro groups is 1. The molecule has 0 radical (unpaired) electrons. The number of aryl methyl sites for hydroxylation is 1. The average molecular weight is 454 g/mol. The van der Waals surface area contributed by atoms with Gasteiger partial charge >= 0.3 is 0 Å². The first kappa shape index (κ1) is 23.5. The standard InChI is InChI=1S/C23H27N5O3S/c1-16-7-5-6-8-17(16)15-32-22-26-25-20(14-24-21(29)13-23(2,3)4)27(22)18-9-11-19(12-10-18)28(30)31/h5-12H,13-15H2,1-4H3,(H,24,29). The molecule has 0 unspecified atom stereocenters. The predicted octanol–water partition coefficient (Wildman–Crippen LogP) is 4.83. The fourth-order valence-corrected chi connectivity index (χ4v) is 4.17. The highest BCUT2D eigenvalue weighted by Crippen LogP contribution is 2.27. The Bertz CT molecular complexity index is 1100. The van der Waals surface area contributed by atoms with Crippen LogP contribution in [0.5, 0.6) is 0 Å². The van der Waals surface area contributed by atoms with E-state index in [2.05, 4.69) is 34.6 Å². The zero-order valence-corrected chi connectivity index (χ0v) is 19.5. The molecule has 0 saturated heterocycles. The Hall–Kier alpha value is -3.20. The first-order valence-electron chi connectivity index (χ1n) is 10.3. The van der Waals surface area contributed by atoms with Gasteiger partial charge in [-0.2, -0.15) is 0 Å². The molecule has 32 heavy (non-hydrogen) atoms. The van der Waals surface area contributed by atoms with Gasteiger partial charge in [0.2, 0.25) is 5.91 Å². The number of carbonyl (C=O) groups is 1. The fourth-order valence-electron chi connectivity index (χ4n) is 3.13. The number of nitrogens with one attached hydrogen (secondary N) is 1. The minimum Gasteiger partial charge on any atom is -0.349 e. The van der Waals surface area contributed by atoms with Crippen LogP contribution in [0.1, 0.15) is 44.1 Å². The molecule has 2 aromatic carbocycles. The van der Waals surface area contributed by atoms with Crippen molar-refractivity contribution in [2.75, 3.05) is 0 Å². The molecule has 0 atom stereocenters. The van der Waals surface area contributed by atoms with Gasteiger partial charge in [0.25, 0.3) is 5.69 Å². The molecular formula is C23H27N5O3S. The lowest BCUT2D eigenvalue weighted by Gasteiger charge is -2.17. The molecule has 8 nitrogen and oxygen atoms in total. The Balaban J connectivity index is 1.86. The van der Waals surface area contributed by atoms with Crippen LogP contribution in [0, 0.1) is 22.5 Å². The highest BCUT2D eigenvalue weighted by molar-refractivity contribution is 7.98. The number of nitro benzene ring substituents is 1. The van der Waals surface area contributed by atoms with Crippen molar-refractivity contribution in [3.05, 3.63) is 75.6 Å². The van der Waals surface area contributed by atoms with E-state index in [0.29, 0.717) is 28.8 Å². The first-order chi connectivity index (χ1) is 15.1. The monoisotopic (exact) mass is 453 g/mol. The molecule has 3 rings (SSSR count). The van der Waals surface area contributed by atoms with Gasteiger partial charge in [0.05, 0.1) is 11.5 Å². The van der Waals surface area contributed by atoms with Crippen LogP contribution in [-0.2, 0) is 17.1 Å². The van der Waals surface area contributed by atoms with Gasteiger partial charge in [0.15, 0.2) is 11.0 Å². The van der Waals surface area contributed by atoms with Crippen LogP contribution in [-0.4, -0.2) is 25.6 Å². The molecule has 1 heterocycles. The molecule has 3 aromatic rings. The fraction of sp³-hybridized carbons (Fsp3) is 0.348. The SMILES string of the molecule is Cc1ccccc1CSc1nnc(CNC(=O)CC(C)(C)C)n1-c1ccc([N+](=O)[O-])cc1. The summed E-state index contributed by atoms with van der Waals surface area (Å²) in [5.74, 6) is 1.20. The summed E-state index contributed by atoms with van der Waals surface area (Å²) in [5, 5.41) is 23.2. The van der Waals surface area contributed by atoms with E-state index < -0.39 is 4.92 Å². The number of hydrogen-bond acceptors (Lipinski definition) is 6. The Kier molecular flexibility index (Phi) is 7.29. The molecule has 0 fully saturated rings. The molecule has 0 saturated carbocycles. The minimum absolute atomic E-state index is 0.0102. The number of thioether (sulfide) groups is 1.